The van der Waals surface area contributed by atoms with Gasteiger partial charge in [0.25, 0.3) is 0 Å². The highest BCUT2D eigenvalue weighted by Gasteiger charge is 2.65. The number of benzene rings is 1. The quantitative estimate of drug-likeness (QED) is 0.0487. The smallest absolute Gasteiger partial charge is 0.350 e. The van der Waals surface area contributed by atoms with E-state index in [4.69, 9.17) is 22.2 Å². The van der Waals surface area contributed by atoms with Gasteiger partial charge in [0.1, 0.15) is 5.69 Å². The Balaban J connectivity index is 1.32. The number of carboxylic acids is 2. The Morgan fingerprint density at radius 2 is 1.82 bits per heavy atom. The number of thiazole rings is 1. The highest BCUT2D eigenvalue weighted by atomic mass is 35.5. The van der Waals surface area contributed by atoms with Crippen LogP contribution in [0.3, 0.4) is 0 Å². The van der Waals surface area contributed by atoms with Crippen LogP contribution in [0.1, 0.15) is 55.6 Å². The Kier molecular flexibility index (Phi) is 9.88. The zero-order valence-corrected chi connectivity index (χ0v) is 28.7. The number of carbonyl (C=O) groups is 7. The predicted molar refractivity (Wildman–Crippen MR) is 176 cm³/mol. The van der Waals surface area contributed by atoms with E-state index >= 15 is 0 Å². The number of fused-ring (bicyclic) bond motifs is 1. The fourth-order valence-corrected chi connectivity index (χ4v) is 8.27. The number of piperidine rings is 1. The number of hydrogen-bond acceptors (Lipinski definition) is 15. The van der Waals surface area contributed by atoms with E-state index in [0.717, 1.165) is 40.1 Å². The van der Waals surface area contributed by atoms with Crippen LogP contribution >= 0.6 is 34.7 Å². The van der Waals surface area contributed by atoms with Crippen LogP contribution in [0.25, 0.3) is 0 Å². The topological polar surface area (TPSA) is 267 Å². The maximum absolute atomic E-state index is 13.7. The molecule has 0 saturated carbocycles. The zero-order valence-electron chi connectivity index (χ0n) is 26.3. The van der Waals surface area contributed by atoms with Crippen molar-refractivity contribution < 1.29 is 58.8 Å². The minimum Gasteiger partial charge on any atom is -0.504 e. The van der Waals surface area contributed by atoms with Crippen molar-refractivity contribution in [2.75, 3.05) is 18.8 Å². The Bertz CT molecular complexity index is 1860. The number of rotatable bonds is 13. The largest absolute Gasteiger partial charge is 0.504 e. The molecule has 6 N–H and O–H groups in total. The summed E-state index contributed by atoms with van der Waals surface area (Å²) in [4.78, 5) is 100. The minimum absolute atomic E-state index is 0.0104. The maximum atomic E-state index is 13.7. The number of phenolic OH excluding ortho intramolecular Hbond substituents is 2. The van der Waals surface area contributed by atoms with Crippen LogP contribution in [0.5, 0.6) is 11.5 Å². The molecule has 50 heavy (non-hydrogen) atoms. The number of ketones is 3. The molecule has 0 bridgehead atoms. The molecule has 3 aliphatic rings. The van der Waals surface area contributed by atoms with Gasteiger partial charge in [-0.15, -0.1) is 11.3 Å². The van der Waals surface area contributed by atoms with Gasteiger partial charge in [-0.2, -0.15) is 0 Å². The average molecular weight is 752 g/mol. The summed E-state index contributed by atoms with van der Waals surface area (Å²) in [6.07, 6.45) is -0.618. The number of aliphatic carboxylic acids is 2. The van der Waals surface area contributed by atoms with Crippen molar-refractivity contribution >= 4 is 86.6 Å². The summed E-state index contributed by atoms with van der Waals surface area (Å²) in [5.41, 5.74) is 3.11. The standard InChI is InChI=1S/C30H30ClN5O12S2/c1-29(2,26(44)45)48-34-20(15-10-49-28(32)33-15)17(38)9-14-24(43)35-11-30(27(46)47,50-25(14)35)36-7-3-4-12(23(36)42)8-18(39)21(40)13-5-6-16(37)22(41)19(13)31/h5-6,10,12,14,25,37,41H,3-4,7-9,11H2,1-2H3,(H2,32,33)(H,44,45)(H,46,47)/b34-20-/t12?,14?,25-,30-/m1/s1. The van der Waals surface area contributed by atoms with Crippen LogP contribution in [-0.2, 0) is 33.6 Å². The molecular formula is C30H30ClN5O12S2. The number of oxime groups is 1. The number of aromatic hydroxyl groups is 2. The number of likely N-dealkylation sites (tertiary alicyclic amines) is 1. The number of halogens is 1. The number of aromatic nitrogens is 1. The normalized spacial score (nSPS) is 23.7. The van der Waals surface area contributed by atoms with Crippen LogP contribution in [0.2, 0.25) is 5.02 Å². The number of nitrogens with zero attached hydrogens (tertiary/aromatic N) is 4. The first kappa shape index (κ1) is 36.5. The van der Waals surface area contributed by atoms with Gasteiger partial charge in [-0.05, 0) is 38.8 Å². The predicted octanol–water partition coefficient (Wildman–Crippen LogP) is 1.73. The van der Waals surface area contributed by atoms with Gasteiger partial charge in [-0.1, -0.05) is 28.5 Å². The van der Waals surface area contributed by atoms with Crippen LogP contribution in [0.15, 0.2) is 22.7 Å². The van der Waals surface area contributed by atoms with E-state index in [-0.39, 0.29) is 41.5 Å². The number of β-lactam (4-membered cyclic amide) rings is 1. The Labute approximate surface area is 296 Å². The highest BCUT2D eigenvalue weighted by molar-refractivity contribution is 8.02. The molecular weight excluding hydrogens is 722 g/mol. The summed E-state index contributed by atoms with van der Waals surface area (Å²) < 4.78 is 0. The van der Waals surface area contributed by atoms with Crippen molar-refractivity contribution in [1.82, 2.24) is 14.8 Å². The van der Waals surface area contributed by atoms with E-state index in [0.29, 0.717) is 0 Å². The molecule has 2 amide bonds. The van der Waals surface area contributed by atoms with E-state index in [2.05, 4.69) is 10.1 Å². The molecule has 4 heterocycles. The molecule has 0 radical (unpaired) electrons. The zero-order chi connectivity index (χ0) is 36.9. The number of amides is 2. The molecule has 0 aliphatic carbocycles. The molecule has 4 atom stereocenters. The summed E-state index contributed by atoms with van der Waals surface area (Å²) >= 11 is 7.71. The van der Waals surface area contributed by atoms with Gasteiger partial charge in [0, 0.05) is 36.2 Å². The van der Waals surface area contributed by atoms with E-state index in [1.54, 1.807) is 0 Å². The number of thioether (sulfide) groups is 1. The number of phenols is 2. The number of nitrogens with two attached hydrogens (primary N) is 1. The van der Waals surface area contributed by atoms with Gasteiger partial charge < -0.3 is 40.8 Å². The van der Waals surface area contributed by atoms with E-state index in [1.165, 1.54) is 24.1 Å². The lowest BCUT2D eigenvalue weighted by molar-refractivity contribution is -0.161. The molecule has 0 spiro atoms. The first-order chi connectivity index (χ1) is 23.4. The second kappa shape index (κ2) is 13.5. The number of Topliss-reactive ketones (excluding diaryl/α,β-unsaturated/α-hetero) is 3. The molecule has 1 aromatic carbocycles. The van der Waals surface area contributed by atoms with Crippen LogP contribution in [0.4, 0.5) is 5.13 Å². The molecule has 3 fully saturated rings. The van der Waals surface area contributed by atoms with Crippen LogP contribution in [-0.4, -0.2) is 111 Å². The first-order valence-electron chi connectivity index (χ1n) is 14.9. The Hall–Kier alpha value is -4.75. The highest BCUT2D eigenvalue weighted by Crippen LogP contribution is 2.53. The molecule has 20 heteroatoms. The van der Waals surface area contributed by atoms with Crippen molar-refractivity contribution in [3.05, 3.63) is 33.8 Å². The lowest BCUT2D eigenvalue weighted by atomic mass is 9.88. The van der Waals surface area contributed by atoms with Crippen LogP contribution < -0.4 is 5.73 Å². The van der Waals surface area contributed by atoms with E-state index < -0.39 is 105 Å². The third-order valence-corrected chi connectivity index (χ3v) is 11.4. The Morgan fingerprint density at radius 3 is 2.44 bits per heavy atom. The number of anilines is 1. The van der Waals surface area contributed by atoms with E-state index in [1.807, 2.05) is 0 Å². The molecule has 3 aliphatic heterocycles. The molecule has 266 valence electrons. The minimum atomic E-state index is -1.97. The van der Waals surface area contributed by atoms with E-state index in [9.17, 15) is 54.0 Å². The SMILES string of the molecule is CC(C)(O/N=C(\C(=O)CC1C(=O)N2C[C@@](C(=O)O)(N3CCCC(CC(=O)C(=O)c4ccc(O)c(O)c4Cl)C3=O)S[C@H]12)c1csc(N)n1)C(=O)O. The number of carboxylic acid groups (broad SMARTS) is 2. The first-order valence-corrected chi connectivity index (χ1v) is 17.1. The van der Waals surface area contributed by atoms with Crippen LogP contribution in [0, 0.1) is 11.8 Å². The van der Waals surface area contributed by atoms with Gasteiger partial charge >= 0.3 is 11.9 Å². The average Bonchev–Trinajstić information content (AvgIpc) is 3.65. The van der Waals surface area contributed by atoms with Crippen molar-refractivity contribution in [1.29, 1.82) is 0 Å². The van der Waals surface area contributed by atoms with Gasteiger partial charge in [0.2, 0.25) is 33.9 Å². The third-order valence-electron chi connectivity index (χ3n) is 8.61. The fourth-order valence-electron chi connectivity index (χ4n) is 5.77. The molecule has 1 aromatic heterocycles. The second-order valence-corrected chi connectivity index (χ2v) is 15.0. The van der Waals surface area contributed by atoms with Crippen molar-refractivity contribution in [2.24, 2.45) is 17.0 Å². The monoisotopic (exact) mass is 751 g/mol. The summed E-state index contributed by atoms with van der Waals surface area (Å²) in [5, 5.41) is 43.1. The van der Waals surface area contributed by atoms with Gasteiger partial charge in [0.15, 0.2) is 28.1 Å². The second-order valence-electron chi connectivity index (χ2n) is 12.3. The number of carbonyl (C=O) groups excluding carboxylic acids is 5. The van der Waals surface area contributed by atoms with Gasteiger partial charge in [0.05, 0.1) is 22.9 Å². The van der Waals surface area contributed by atoms with Gasteiger partial charge in [-0.3, -0.25) is 24.0 Å². The summed E-state index contributed by atoms with van der Waals surface area (Å²) in [6, 6.07) is 2.03. The lowest BCUT2D eigenvalue weighted by Gasteiger charge is -2.41. The Morgan fingerprint density at radius 1 is 1.12 bits per heavy atom. The third kappa shape index (κ3) is 6.47. The lowest BCUT2D eigenvalue weighted by Crippen LogP contribution is -2.61. The number of nitrogen functional groups attached to an aromatic ring is 1. The molecule has 3 saturated heterocycles. The maximum Gasteiger partial charge on any atom is 0.350 e. The van der Waals surface area contributed by atoms with Crippen molar-refractivity contribution in [3.8, 4) is 11.5 Å². The summed E-state index contributed by atoms with van der Waals surface area (Å²) in [7, 11) is 0. The molecule has 17 nitrogen and oxygen atoms in total. The summed E-state index contributed by atoms with van der Waals surface area (Å²) in [5.74, 6) is -10.5. The van der Waals surface area contributed by atoms with Gasteiger partial charge in [-0.25, -0.2) is 14.6 Å². The fraction of sp³-hybridized carbons (Fsp3) is 0.433. The summed E-state index contributed by atoms with van der Waals surface area (Å²) in [6.45, 7) is 1.99. The van der Waals surface area contributed by atoms with Crippen molar-refractivity contribution in [2.45, 2.75) is 55.4 Å². The number of hydrogen-bond donors (Lipinski definition) is 5. The van der Waals surface area contributed by atoms with Crippen molar-refractivity contribution in [3.63, 3.8) is 0 Å². The molecule has 5 rings (SSSR count). The molecule has 2 unspecified atom stereocenters. The molecule has 2 aromatic rings.